The molecule has 0 amide bonds. The molecule has 3 atom stereocenters. The van der Waals surface area contributed by atoms with Gasteiger partial charge in [-0.25, -0.2) is 0 Å². The third-order valence-electron chi connectivity index (χ3n) is 3.00. The standard InChI is InChI=1S/C10H21NO/c1-8-5-4-6-11(10(8)3)7-9(2)12/h8-10,12H,4-7H2,1-3H3. The van der Waals surface area contributed by atoms with Gasteiger partial charge in [0.2, 0.25) is 0 Å². The minimum atomic E-state index is -0.183. The van der Waals surface area contributed by atoms with Gasteiger partial charge in [0.05, 0.1) is 6.10 Å². The van der Waals surface area contributed by atoms with Crippen LogP contribution in [-0.2, 0) is 0 Å². The zero-order chi connectivity index (χ0) is 9.14. The van der Waals surface area contributed by atoms with Crippen LogP contribution in [0.5, 0.6) is 0 Å². The highest BCUT2D eigenvalue weighted by atomic mass is 16.3. The van der Waals surface area contributed by atoms with Gasteiger partial charge in [-0.1, -0.05) is 6.92 Å². The molecule has 1 aliphatic heterocycles. The van der Waals surface area contributed by atoms with Crippen molar-refractivity contribution in [3.05, 3.63) is 0 Å². The highest BCUT2D eigenvalue weighted by molar-refractivity contribution is 4.79. The first-order valence-corrected chi connectivity index (χ1v) is 5.03. The summed E-state index contributed by atoms with van der Waals surface area (Å²) in [4.78, 5) is 2.40. The maximum absolute atomic E-state index is 9.27. The molecular weight excluding hydrogens is 150 g/mol. The zero-order valence-corrected chi connectivity index (χ0v) is 8.45. The molecule has 0 aromatic carbocycles. The van der Waals surface area contributed by atoms with Crippen LogP contribution in [-0.4, -0.2) is 35.2 Å². The molecular formula is C10H21NO. The highest BCUT2D eigenvalue weighted by Gasteiger charge is 2.24. The molecule has 1 aliphatic rings. The van der Waals surface area contributed by atoms with Gasteiger partial charge in [0.25, 0.3) is 0 Å². The fraction of sp³-hybridized carbons (Fsp3) is 1.00. The van der Waals surface area contributed by atoms with Gasteiger partial charge in [0.15, 0.2) is 0 Å². The lowest BCUT2D eigenvalue weighted by Crippen LogP contribution is -2.45. The van der Waals surface area contributed by atoms with E-state index in [0.717, 1.165) is 19.0 Å². The second-order valence-corrected chi connectivity index (χ2v) is 4.20. The topological polar surface area (TPSA) is 23.5 Å². The first-order chi connectivity index (χ1) is 5.61. The molecule has 0 radical (unpaired) electrons. The Labute approximate surface area is 75.6 Å². The van der Waals surface area contributed by atoms with E-state index in [-0.39, 0.29) is 6.10 Å². The van der Waals surface area contributed by atoms with Gasteiger partial charge in [0.1, 0.15) is 0 Å². The quantitative estimate of drug-likeness (QED) is 0.680. The number of aliphatic hydroxyl groups excluding tert-OH is 1. The molecule has 1 heterocycles. The van der Waals surface area contributed by atoms with Crippen molar-refractivity contribution in [3.63, 3.8) is 0 Å². The normalized spacial score (nSPS) is 35.0. The van der Waals surface area contributed by atoms with Crippen LogP contribution < -0.4 is 0 Å². The summed E-state index contributed by atoms with van der Waals surface area (Å²) in [6.07, 6.45) is 2.45. The zero-order valence-electron chi connectivity index (χ0n) is 8.45. The fourth-order valence-corrected chi connectivity index (χ4v) is 2.02. The molecule has 0 aromatic heterocycles. The largest absolute Gasteiger partial charge is 0.392 e. The molecule has 72 valence electrons. The van der Waals surface area contributed by atoms with Crippen LogP contribution in [0.25, 0.3) is 0 Å². The average Bonchev–Trinajstić information content (AvgIpc) is 1.98. The average molecular weight is 171 g/mol. The summed E-state index contributed by atoms with van der Waals surface area (Å²) in [6.45, 7) is 8.44. The number of piperidine rings is 1. The maximum atomic E-state index is 9.27. The van der Waals surface area contributed by atoms with Crippen molar-refractivity contribution < 1.29 is 5.11 Å². The molecule has 0 aliphatic carbocycles. The van der Waals surface area contributed by atoms with Crippen LogP contribution in [0.3, 0.4) is 0 Å². The van der Waals surface area contributed by atoms with Crippen LogP contribution >= 0.6 is 0 Å². The van der Waals surface area contributed by atoms with E-state index in [1.54, 1.807) is 0 Å². The van der Waals surface area contributed by atoms with Crippen molar-refractivity contribution >= 4 is 0 Å². The van der Waals surface area contributed by atoms with E-state index in [4.69, 9.17) is 0 Å². The Kier molecular flexibility index (Phi) is 3.53. The monoisotopic (exact) mass is 171 g/mol. The summed E-state index contributed by atoms with van der Waals surface area (Å²) < 4.78 is 0. The maximum Gasteiger partial charge on any atom is 0.0639 e. The highest BCUT2D eigenvalue weighted by Crippen LogP contribution is 2.22. The molecule has 0 bridgehead atoms. The van der Waals surface area contributed by atoms with Crippen molar-refractivity contribution in [2.24, 2.45) is 5.92 Å². The van der Waals surface area contributed by atoms with E-state index in [1.165, 1.54) is 12.8 Å². The summed E-state index contributed by atoms with van der Waals surface area (Å²) in [7, 11) is 0. The van der Waals surface area contributed by atoms with Crippen molar-refractivity contribution in [1.29, 1.82) is 0 Å². The summed E-state index contributed by atoms with van der Waals surface area (Å²) in [6, 6.07) is 0.647. The first-order valence-electron chi connectivity index (χ1n) is 5.03. The van der Waals surface area contributed by atoms with E-state index >= 15 is 0 Å². The lowest BCUT2D eigenvalue weighted by molar-refractivity contribution is 0.0592. The van der Waals surface area contributed by atoms with Crippen LogP contribution in [0, 0.1) is 5.92 Å². The second kappa shape index (κ2) is 4.24. The Morgan fingerprint density at radius 1 is 1.50 bits per heavy atom. The summed E-state index contributed by atoms with van der Waals surface area (Å²) in [5, 5.41) is 9.27. The summed E-state index contributed by atoms with van der Waals surface area (Å²) in [5.74, 6) is 0.789. The van der Waals surface area contributed by atoms with Gasteiger partial charge >= 0.3 is 0 Å². The number of β-amino-alcohol motifs (C(OH)–C–C–N with tert-alkyl or cyclic N) is 1. The van der Waals surface area contributed by atoms with Crippen molar-refractivity contribution in [1.82, 2.24) is 4.90 Å². The van der Waals surface area contributed by atoms with Gasteiger partial charge in [-0.2, -0.15) is 0 Å². The van der Waals surface area contributed by atoms with E-state index in [9.17, 15) is 5.11 Å². The van der Waals surface area contributed by atoms with Crippen molar-refractivity contribution in [2.45, 2.75) is 45.8 Å². The lowest BCUT2D eigenvalue weighted by atomic mass is 9.92. The Hall–Kier alpha value is -0.0800. The van der Waals surface area contributed by atoms with Crippen LogP contribution in [0.15, 0.2) is 0 Å². The Bertz CT molecular complexity index is 136. The third-order valence-corrected chi connectivity index (χ3v) is 3.00. The molecule has 1 N–H and O–H groups in total. The second-order valence-electron chi connectivity index (χ2n) is 4.20. The van der Waals surface area contributed by atoms with Crippen LogP contribution in [0.1, 0.15) is 33.6 Å². The van der Waals surface area contributed by atoms with Gasteiger partial charge in [-0.15, -0.1) is 0 Å². The number of hydrogen-bond donors (Lipinski definition) is 1. The molecule has 1 saturated heterocycles. The SMILES string of the molecule is CC(O)CN1CCCC(C)C1C. The minimum absolute atomic E-state index is 0.183. The minimum Gasteiger partial charge on any atom is -0.392 e. The fourth-order valence-electron chi connectivity index (χ4n) is 2.02. The molecule has 0 spiro atoms. The molecule has 1 rings (SSSR count). The number of hydrogen-bond acceptors (Lipinski definition) is 2. The van der Waals surface area contributed by atoms with Gasteiger partial charge in [-0.05, 0) is 39.2 Å². The van der Waals surface area contributed by atoms with Crippen LogP contribution in [0.2, 0.25) is 0 Å². The Morgan fingerprint density at radius 2 is 2.17 bits per heavy atom. The summed E-state index contributed by atoms with van der Waals surface area (Å²) >= 11 is 0. The molecule has 0 saturated carbocycles. The van der Waals surface area contributed by atoms with E-state index < -0.39 is 0 Å². The Morgan fingerprint density at radius 3 is 2.75 bits per heavy atom. The molecule has 1 fully saturated rings. The van der Waals surface area contributed by atoms with E-state index in [2.05, 4.69) is 18.7 Å². The predicted molar refractivity (Wildman–Crippen MR) is 51.1 cm³/mol. The van der Waals surface area contributed by atoms with E-state index in [0.29, 0.717) is 6.04 Å². The molecule has 0 aromatic rings. The third kappa shape index (κ3) is 2.46. The van der Waals surface area contributed by atoms with Crippen molar-refractivity contribution in [2.75, 3.05) is 13.1 Å². The molecule has 2 nitrogen and oxygen atoms in total. The number of likely N-dealkylation sites (tertiary alicyclic amines) is 1. The smallest absolute Gasteiger partial charge is 0.0639 e. The predicted octanol–water partition coefficient (Wildman–Crippen LogP) is 1.49. The molecule has 2 heteroatoms. The van der Waals surface area contributed by atoms with Crippen molar-refractivity contribution in [3.8, 4) is 0 Å². The number of nitrogens with zero attached hydrogens (tertiary/aromatic N) is 1. The molecule has 3 unspecified atom stereocenters. The Balaban J connectivity index is 2.41. The number of aliphatic hydroxyl groups is 1. The van der Waals surface area contributed by atoms with Crippen LogP contribution in [0.4, 0.5) is 0 Å². The first kappa shape index (κ1) is 10.0. The summed E-state index contributed by atoms with van der Waals surface area (Å²) in [5.41, 5.74) is 0. The lowest BCUT2D eigenvalue weighted by Gasteiger charge is -2.38. The van der Waals surface area contributed by atoms with E-state index in [1.807, 2.05) is 6.92 Å². The molecule has 12 heavy (non-hydrogen) atoms. The number of rotatable bonds is 2. The van der Waals surface area contributed by atoms with Gasteiger partial charge in [0, 0.05) is 12.6 Å². The van der Waals surface area contributed by atoms with Gasteiger partial charge < -0.3 is 5.11 Å². The van der Waals surface area contributed by atoms with Gasteiger partial charge in [-0.3, -0.25) is 4.90 Å².